The van der Waals surface area contributed by atoms with Crippen molar-refractivity contribution in [1.29, 1.82) is 0 Å². The van der Waals surface area contributed by atoms with E-state index < -0.39 is 6.43 Å². The summed E-state index contributed by atoms with van der Waals surface area (Å²) in [6, 6.07) is 8.02. The maximum Gasteiger partial charge on any atom is 0.320 e. The third-order valence-corrected chi connectivity index (χ3v) is 5.30. The standard InChI is InChI=1S/C20H23N3O3.C2H4F2/c1-14-4-2-3-5-16(14)7-6-15-10-23(11-15)20(25)22-9-8-18-17(12-22)21-19(24)13-26-18;1-2(3)4/h2-5,15,17-18H,8-13H2,1H3,(H,21,24);2H,1H3/t17-,18+;/m1./s1. The first-order valence-corrected chi connectivity index (χ1v) is 10.1. The summed E-state index contributed by atoms with van der Waals surface area (Å²) in [6.45, 7) is 5.55. The molecule has 0 aromatic heterocycles. The Balaban J connectivity index is 0.000000589. The lowest BCUT2D eigenvalue weighted by Gasteiger charge is -2.45. The largest absolute Gasteiger partial charge is 0.366 e. The number of fused-ring (bicyclic) bond motifs is 1. The quantitative estimate of drug-likeness (QED) is 0.657. The molecule has 4 rings (SSSR count). The summed E-state index contributed by atoms with van der Waals surface area (Å²) in [5.74, 6) is 6.64. The first-order valence-electron chi connectivity index (χ1n) is 10.1. The number of halogens is 2. The van der Waals surface area contributed by atoms with E-state index in [0.717, 1.165) is 18.9 Å². The zero-order chi connectivity index (χ0) is 21.7. The molecular formula is C22H27F2N3O3. The number of likely N-dealkylation sites (tertiary alicyclic amines) is 2. The minimum absolute atomic E-state index is 0.0286. The number of nitrogens with one attached hydrogen (secondary N) is 1. The third-order valence-electron chi connectivity index (χ3n) is 5.30. The summed E-state index contributed by atoms with van der Waals surface area (Å²) in [6.07, 6.45) is -1.37. The number of carbonyl (C=O) groups is 2. The van der Waals surface area contributed by atoms with E-state index in [1.54, 1.807) is 0 Å². The predicted octanol–water partition coefficient (Wildman–Crippen LogP) is 2.26. The Labute approximate surface area is 175 Å². The van der Waals surface area contributed by atoms with Crippen molar-refractivity contribution in [1.82, 2.24) is 15.1 Å². The highest BCUT2D eigenvalue weighted by atomic mass is 19.3. The Kier molecular flexibility index (Phi) is 7.27. The second-order valence-corrected chi connectivity index (χ2v) is 7.75. The van der Waals surface area contributed by atoms with Crippen molar-refractivity contribution < 1.29 is 23.1 Å². The number of benzene rings is 1. The molecule has 3 amide bonds. The Morgan fingerprint density at radius 2 is 1.93 bits per heavy atom. The van der Waals surface area contributed by atoms with Crippen LogP contribution in [0.5, 0.6) is 0 Å². The Morgan fingerprint density at radius 3 is 2.63 bits per heavy atom. The Morgan fingerprint density at radius 1 is 1.23 bits per heavy atom. The molecule has 0 spiro atoms. The van der Waals surface area contributed by atoms with Crippen LogP contribution in [0.2, 0.25) is 0 Å². The maximum absolute atomic E-state index is 12.7. The van der Waals surface area contributed by atoms with E-state index >= 15 is 0 Å². The highest BCUT2D eigenvalue weighted by molar-refractivity contribution is 5.79. The zero-order valence-electron chi connectivity index (χ0n) is 17.2. The summed E-state index contributed by atoms with van der Waals surface area (Å²) in [5, 5.41) is 2.93. The molecule has 1 aromatic carbocycles. The SMILES string of the molecule is CC(F)F.Cc1ccccc1C#CC1CN(C(=O)N2CC[C@@H]3OCC(=O)N[C@@H]3C2)C1. The molecule has 3 heterocycles. The second-order valence-electron chi connectivity index (χ2n) is 7.75. The molecule has 8 heteroatoms. The average molecular weight is 419 g/mol. The minimum Gasteiger partial charge on any atom is -0.366 e. The number of nitrogens with zero attached hydrogens (tertiary/aromatic N) is 2. The highest BCUT2D eigenvalue weighted by Crippen LogP contribution is 2.22. The fraction of sp³-hybridized carbons (Fsp3) is 0.545. The van der Waals surface area contributed by atoms with Gasteiger partial charge in [0.05, 0.1) is 18.1 Å². The fourth-order valence-corrected chi connectivity index (χ4v) is 3.69. The predicted molar refractivity (Wildman–Crippen MR) is 108 cm³/mol. The molecule has 3 aliphatic rings. The molecule has 162 valence electrons. The number of morpholine rings is 1. The lowest BCUT2D eigenvalue weighted by atomic mass is 9.98. The van der Waals surface area contributed by atoms with E-state index in [2.05, 4.69) is 30.1 Å². The van der Waals surface area contributed by atoms with Crippen LogP contribution in [0.1, 0.15) is 24.5 Å². The molecule has 3 aliphatic heterocycles. The molecule has 6 nitrogen and oxygen atoms in total. The van der Waals surface area contributed by atoms with Crippen LogP contribution in [0.4, 0.5) is 13.6 Å². The summed E-state index contributed by atoms with van der Waals surface area (Å²) in [7, 11) is 0. The van der Waals surface area contributed by atoms with Gasteiger partial charge in [-0.25, -0.2) is 13.6 Å². The van der Waals surface area contributed by atoms with Gasteiger partial charge in [-0.3, -0.25) is 4.79 Å². The smallest absolute Gasteiger partial charge is 0.320 e. The zero-order valence-corrected chi connectivity index (χ0v) is 17.2. The number of urea groups is 1. The molecule has 0 unspecified atom stereocenters. The molecule has 0 radical (unpaired) electrons. The fourth-order valence-electron chi connectivity index (χ4n) is 3.69. The summed E-state index contributed by atoms with van der Waals surface area (Å²) >= 11 is 0. The average Bonchev–Trinajstić information content (AvgIpc) is 2.67. The van der Waals surface area contributed by atoms with Gasteiger partial charge in [0.15, 0.2) is 0 Å². The van der Waals surface area contributed by atoms with E-state index in [1.165, 1.54) is 5.56 Å². The number of hydrogen-bond acceptors (Lipinski definition) is 3. The highest BCUT2D eigenvalue weighted by Gasteiger charge is 2.39. The van der Waals surface area contributed by atoms with Gasteiger partial charge in [0.1, 0.15) is 6.61 Å². The van der Waals surface area contributed by atoms with Crippen molar-refractivity contribution in [3.05, 3.63) is 35.4 Å². The van der Waals surface area contributed by atoms with Crippen LogP contribution < -0.4 is 5.32 Å². The van der Waals surface area contributed by atoms with Gasteiger partial charge in [-0.05, 0) is 31.9 Å². The van der Waals surface area contributed by atoms with Gasteiger partial charge >= 0.3 is 6.03 Å². The van der Waals surface area contributed by atoms with Crippen LogP contribution in [0, 0.1) is 24.7 Å². The molecule has 3 saturated heterocycles. The van der Waals surface area contributed by atoms with E-state index in [1.807, 2.05) is 28.0 Å². The van der Waals surface area contributed by atoms with E-state index in [4.69, 9.17) is 4.74 Å². The van der Waals surface area contributed by atoms with Gasteiger partial charge in [0.25, 0.3) is 0 Å². The first kappa shape index (κ1) is 22.0. The Hall–Kier alpha value is -2.66. The molecule has 2 atom stereocenters. The Bertz CT molecular complexity index is 828. The molecule has 0 bridgehead atoms. The summed E-state index contributed by atoms with van der Waals surface area (Å²) in [5.41, 5.74) is 2.22. The number of hydrogen-bond donors (Lipinski definition) is 1. The van der Waals surface area contributed by atoms with Gasteiger partial charge < -0.3 is 19.9 Å². The number of aryl methyl sites for hydroxylation is 1. The lowest BCUT2D eigenvalue weighted by molar-refractivity contribution is -0.139. The van der Waals surface area contributed by atoms with E-state index in [-0.39, 0.29) is 36.6 Å². The molecule has 0 saturated carbocycles. The number of rotatable bonds is 0. The van der Waals surface area contributed by atoms with E-state index in [0.29, 0.717) is 26.2 Å². The normalized spacial score (nSPS) is 23.3. The summed E-state index contributed by atoms with van der Waals surface area (Å²) < 4.78 is 26.2. The van der Waals surface area contributed by atoms with Crippen LogP contribution in [0.15, 0.2) is 24.3 Å². The van der Waals surface area contributed by atoms with Crippen LogP contribution in [0.3, 0.4) is 0 Å². The van der Waals surface area contributed by atoms with Crippen molar-refractivity contribution in [2.75, 3.05) is 32.8 Å². The molecule has 3 fully saturated rings. The third kappa shape index (κ3) is 5.70. The lowest BCUT2D eigenvalue weighted by Crippen LogP contribution is -2.64. The van der Waals surface area contributed by atoms with Crippen LogP contribution in [-0.2, 0) is 9.53 Å². The number of piperidine rings is 1. The molecule has 0 aliphatic carbocycles. The number of alkyl halides is 2. The van der Waals surface area contributed by atoms with Gasteiger partial charge in [-0.2, -0.15) is 0 Å². The second kappa shape index (κ2) is 9.90. The number of amides is 3. The van der Waals surface area contributed by atoms with Crippen LogP contribution in [-0.4, -0.2) is 73.1 Å². The van der Waals surface area contributed by atoms with Crippen molar-refractivity contribution >= 4 is 11.9 Å². The van der Waals surface area contributed by atoms with Gasteiger partial charge in [-0.1, -0.05) is 30.0 Å². The topological polar surface area (TPSA) is 61.9 Å². The number of carbonyl (C=O) groups excluding carboxylic acids is 2. The van der Waals surface area contributed by atoms with E-state index in [9.17, 15) is 18.4 Å². The molecule has 1 N–H and O–H groups in total. The van der Waals surface area contributed by atoms with Gasteiger partial charge in [0.2, 0.25) is 12.3 Å². The number of ether oxygens (including phenoxy) is 1. The van der Waals surface area contributed by atoms with Crippen molar-refractivity contribution in [3.8, 4) is 11.8 Å². The van der Waals surface area contributed by atoms with Crippen LogP contribution in [0.25, 0.3) is 0 Å². The van der Waals surface area contributed by atoms with Gasteiger partial charge in [-0.15, -0.1) is 0 Å². The minimum atomic E-state index is -2.17. The monoisotopic (exact) mass is 419 g/mol. The van der Waals surface area contributed by atoms with Gasteiger partial charge in [0, 0.05) is 31.7 Å². The molecule has 1 aromatic rings. The molecule has 30 heavy (non-hydrogen) atoms. The first-order chi connectivity index (χ1) is 14.3. The van der Waals surface area contributed by atoms with Crippen LogP contribution >= 0.6 is 0 Å². The van der Waals surface area contributed by atoms with Crippen molar-refractivity contribution in [2.45, 2.75) is 38.8 Å². The molecular weight excluding hydrogens is 392 g/mol. The summed E-state index contributed by atoms with van der Waals surface area (Å²) in [4.78, 5) is 27.8. The van der Waals surface area contributed by atoms with Crippen molar-refractivity contribution in [2.24, 2.45) is 5.92 Å². The van der Waals surface area contributed by atoms with Crippen molar-refractivity contribution in [3.63, 3.8) is 0 Å². The maximum atomic E-state index is 12.7.